The van der Waals surface area contributed by atoms with Crippen molar-refractivity contribution in [3.63, 3.8) is 0 Å². The van der Waals surface area contributed by atoms with E-state index in [2.05, 4.69) is 21.8 Å². The zero-order valence-electron chi connectivity index (χ0n) is 7.31. The Morgan fingerprint density at radius 3 is 3.14 bits per heavy atom. The summed E-state index contributed by atoms with van der Waals surface area (Å²) in [5.74, 6) is 0. The van der Waals surface area contributed by atoms with Crippen LogP contribution in [-0.2, 0) is 0 Å². The van der Waals surface area contributed by atoms with Crippen molar-refractivity contribution in [1.29, 1.82) is 0 Å². The summed E-state index contributed by atoms with van der Waals surface area (Å²) < 4.78 is 5.23. The van der Waals surface area contributed by atoms with Gasteiger partial charge < -0.3 is 4.42 Å². The fourth-order valence-electron chi connectivity index (χ4n) is 1.44. The molecule has 3 heteroatoms. The SMILES string of the molecule is c1cc2cc(-c3ccsc3)ncc2o1. The average Bonchev–Trinajstić information content (AvgIpc) is 2.88. The molecule has 0 aromatic carbocycles. The molecule has 0 amide bonds. The van der Waals surface area contributed by atoms with Gasteiger partial charge in [-0.2, -0.15) is 11.3 Å². The van der Waals surface area contributed by atoms with E-state index in [1.165, 1.54) is 0 Å². The van der Waals surface area contributed by atoms with Crippen LogP contribution in [0.3, 0.4) is 0 Å². The Morgan fingerprint density at radius 2 is 2.29 bits per heavy atom. The van der Waals surface area contributed by atoms with Crippen molar-refractivity contribution in [3.8, 4) is 11.3 Å². The van der Waals surface area contributed by atoms with Gasteiger partial charge in [0.25, 0.3) is 0 Å². The van der Waals surface area contributed by atoms with Gasteiger partial charge in [-0.3, -0.25) is 4.98 Å². The summed E-state index contributed by atoms with van der Waals surface area (Å²) >= 11 is 1.68. The van der Waals surface area contributed by atoms with Crippen molar-refractivity contribution in [1.82, 2.24) is 4.98 Å². The third-order valence-corrected chi connectivity index (χ3v) is 2.84. The van der Waals surface area contributed by atoms with Crippen LogP contribution in [0.4, 0.5) is 0 Å². The monoisotopic (exact) mass is 201 g/mol. The summed E-state index contributed by atoms with van der Waals surface area (Å²) in [6, 6.07) is 6.06. The van der Waals surface area contributed by atoms with Crippen molar-refractivity contribution in [2.24, 2.45) is 0 Å². The van der Waals surface area contributed by atoms with E-state index in [0.29, 0.717) is 0 Å². The van der Waals surface area contributed by atoms with E-state index in [1.807, 2.05) is 12.1 Å². The molecule has 0 unspecified atom stereocenters. The molecule has 3 heterocycles. The highest BCUT2D eigenvalue weighted by atomic mass is 32.1. The Kier molecular flexibility index (Phi) is 1.64. The highest BCUT2D eigenvalue weighted by molar-refractivity contribution is 7.08. The number of furan rings is 1. The maximum absolute atomic E-state index is 5.23. The lowest BCUT2D eigenvalue weighted by molar-refractivity contribution is 0.614. The van der Waals surface area contributed by atoms with E-state index >= 15 is 0 Å². The molecular formula is C11H7NOS. The first-order valence-electron chi connectivity index (χ1n) is 4.29. The van der Waals surface area contributed by atoms with Crippen LogP contribution < -0.4 is 0 Å². The molecule has 2 nitrogen and oxygen atoms in total. The second-order valence-corrected chi connectivity index (χ2v) is 3.82. The molecule has 14 heavy (non-hydrogen) atoms. The smallest absolute Gasteiger partial charge is 0.152 e. The predicted molar refractivity (Wildman–Crippen MR) is 57.3 cm³/mol. The van der Waals surface area contributed by atoms with E-state index < -0.39 is 0 Å². The highest BCUT2D eigenvalue weighted by Crippen LogP contribution is 2.23. The van der Waals surface area contributed by atoms with Crippen LogP contribution in [-0.4, -0.2) is 4.98 Å². The van der Waals surface area contributed by atoms with E-state index in [9.17, 15) is 0 Å². The molecule has 3 rings (SSSR count). The molecule has 0 aliphatic heterocycles. The van der Waals surface area contributed by atoms with Gasteiger partial charge >= 0.3 is 0 Å². The Hall–Kier alpha value is -1.61. The lowest BCUT2D eigenvalue weighted by atomic mass is 10.2. The second kappa shape index (κ2) is 2.96. The van der Waals surface area contributed by atoms with Gasteiger partial charge in [-0.15, -0.1) is 0 Å². The molecule has 0 radical (unpaired) electrons. The van der Waals surface area contributed by atoms with Gasteiger partial charge in [0.15, 0.2) is 5.58 Å². The Bertz CT molecular complexity index is 553. The average molecular weight is 201 g/mol. The van der Waals surface area contributed by atoms with Crippen molar-refractivity contribution in [2.45, 2.75) is 0 Å². The molecule has 0 saturated heterocycles. The van der Waals surface area contributed by atoms with Gasteiger partial charge in [0.05, 0.1) is 18.2 Å². The minimum Gasteiger partial charge on any atom is -0.463 e. The molecule has 0 fully saturated rings. The van der Waals surface area contributed by atoms with Gasteiger partial charge in [-0.25, -0.2) is 0 Å². The lowest BCUT2D eigenvalue weighted by Gasteiger charge is -1.95. The molecule has 3 aromatic heterocycles. The molecule has 0 saturated carbocycles. The summed E-state index contributed by atoms with van der Waals surface area (Å²) in [6.07, 6.45) is 3.45. The van der Waals surface area contributed by atoms with Gasteiger partial charge in [0, 0.05) is 16.3 Å². The minimum absolute atomic E-state index is 0.837. The first kappa shape index (κ1) is 7.76. The summed E-state index contributed by atoms with van der Waals surface area (Å²) in [5.41, 5.74) is 3.00. The van der Waals surface area contributed by atoms with Crippen molar-refractivity contribution < 1.29 is 4.42 Å². The molecule has 68 valence electrons. The molecule has 0 atom stereocenters. The van der Waals surface area contributed by atoms with Gasteiger partial charge in [0.2, 0.25) is 0 Å². The number of rotatable bonds is 1. The van der Waals surface area contributed by atoms with E-state index in [0.717, 1.165) is 22.2 Å². The molecule has 0 aliphatic rings. The summed E-state index contributed by atoms with van der Waals surface area (Å²) in [5, 5.41) is 5.24. The van der Waals surface area contributed by atoms with Crippen LogP contribution in [0.25, 0.3) is 22.2 Å². The maximum Gasteiger partial charge on any atom is 0.152 e. The molecule has 0 bridgehead atoms. The Morgan fingerprint density at radius 1 is 1.29 bits per heavy atom. The third-order valence-electron chi connectivity index (χ3n) is 2.16. The summed E-state index contributed by atoms with van der Waals surface area (Å²) in [7, 11) is 0. The first-order chi connectivity index (χ1) is 6.93. The zero-order chi connectivity index (χ0) is 9.38. The molecule has 0 spiro atoms. The van der Waals surface area contributed by atoms with Gasteiger partial charge in [-0.1, -0.05) is 0 Å². The van der Waals surface area contributed by atoms with E-state index in [-0.39, 0.29) is 0 Å². The number of nitrogens with zero attached hydrogens (tertiary/aromatic N) is 1. The highest BCUT2D eigenvalue weighted by Gasteiger charge is 2.02. The van der Waals surface area contributed by atoms with Crippen LogP contribution in [0.2, 0.25) is 0 Å². The van der Waals surface area contributed by atoms with Crippen LogP contribution in [0.1, 0.15) is 0 Å². The topological polar surface area (TPSA) is 26.0 Å². The second-order valence-electron chi connectivity index (χ2n) is 3.04. The minimum atomic E-state index is 0.837. The lowest BCUT2D eigenvalue weighted by Crippen LogP contribution is -1.78. The normalized spacial score (nSPS) is 10.9. The number of hydrogen-bond acceptors (Lipinski definition) is 3. The summed E-state index contributed by atoms with van der Waals surface area (Å²) in [4.78, 5) is 4.33. The summed E-state index contributed by atoms with van der Waals surface area (Å²) in [6.45, 7) is 0. The standard InChI is InChI=1S/C11H7NOS/c1-3-13-11-6-12-10(5-8(1)11)9-2-4-14-7-9/h1-7H. The van der Waals surface area contributed by atoms with Gasteiger partial charge in [0.1, 0.15) is 0 Å². The quantitative estimate of drug-likeness (QED) is 0.601. The van der Waals surface area contributed by atoms with Gasteiger partial charge in [-0.05, 0) is 23.6 Å². The maximum atomic E-state index is 5.23. The van der Waals surface area contributed by atoms with Crippen LogP contribution in [0, 0.1) is 0 Å². The predicted octanol–water partition coefficient (Wildman–Crippen LogP) is 3.56. The van der Waals surface area contributed by atoms with Crippen molar-refractivity contribution >= 4 is 22.3 Å². The number of hydrogen-bond donors (Lipinski definition) is 0. The third kappa shape index (κ3) is 1.14. The number of pyridine rings is 1. The van der Waals surface area contributed by atoms with E-state index in [4.69, 9.17) is 4.42 Å². The van der Waals surface area contributed by atoms with E-state index in [1.54, 1.807) is 23.8 Å². The molecule has 0 aliphatic carbocycles. The first-order valence-corrected chi connectivity index (χ1v) is 5.23. The van der Waals surface area contributed by atoms with Crippen molar-refractivity contribution in [3.05, 3.63) is 41.4 Å². The Balaban J connectivity index is 2.23. The number of aromatic nitrogens is 1. The zero-order valence-corrected chi connectivity index (χ0v) is 8.12. The Labute approximate surface area is 84.8 Å². The molecule has 0 N–H and O–H groups in total. The fraction of sp³-hybridized carbons (Fsp3) is 0. The fourth-order valence-corrected chi connectivity index (χ4v) is 2.09. The number of fused-ring (bicyclic) bond motifs is 1. The largest absolute Gasteiger partial charge is 0.463 e. The number of thiophene rings is 1. The van der Waals surface area contributed by atoms with Crippen LogP contribution >= 0.6 is 11.3 Å². The molecular weight excluding hydrogens is 194 g/mol. The van der Waals surface area contributed by atoms with Crippen LogP contribution in [0.15, 0.2) is 45.8 Å². The van der Waals surface area contributed by atoms with Crippen molar-refractivity contribution in [2.75, 3.05) is 0 Å². The molecule has 3 aromatic rings. The van der Waals surface area contributed by atoms with Crippen LogP contribution in [0.5, 0.6) is 0 Å².